The smallest absolute Gasteiger partial charge is 0.437 e. The minimum atomic E-state index is -1.04. The van der Waals surface area contributed by atoms with Crippen molar-refractivity contribution in [2.24, 2.45) is 0 Å². The molecule has 1 heterocycles. The molecule has 1 aromatic heterocycles. The van der Waals surface area contributed by atoms with Gasteiger partial charge in [0.25, 0.3) is 0 Å². The van der Waals surface area contributed by atoms with Crippen LogP contribution < -0.4 is 10.5 Å². The molecule has 0 saturated carbocycles. The van der Waals surface area contributed by atoms with Crippen LogP contribution in [0.2, 0.25) is 10.0 Å². The second-order valence-corrected chi connectivity index (χ2v) is 6.25. The summed E-state index contributed by atoms with van der Waals surface area (Å²) in [7, 11) is 0. The summed E-state index contributed by atoms with van der Waals surface area (Å²) in [4.78, 5) is 11.9. The number of aromatic nitrogens is 2. The number of rotatable bonds is 6. The van der Waals surface area contributed by atoms with Crippen LogP contribution in [0.1, 0.15) is 0 Å². The monoisotopic (exact) mass is 398 g/mol. The van der Waals surface area contributed by atoms with E-state index >= 15 is 0 Å². The maximum absolute atomic E-state index is 13.0. The number of benzene rings is 2. The van der Waals surface area contributed by atoms with Gasteiger partial charge < -0.3 is 14.3 Å². The van der Waals surface area contributed by atoms with Crippen molar-refractivity contribution in [2.75, 3.05) is 6.61 Å². The maximum atomic E-state index is 13.0. The van der Waals surface area contributed by atoms with Crippen LogP contribution in [0.25, 0.3) is 11.5 Å². The average Bonchev–Trinajstić information content (AvgIpc) is 2.95. The lowest BCUT2D eigenvalue weighted by Gasteiger charge is -2.12. The van der Waals surface area contributed by atoms with Crippen LogP contribution in [0.15, 0.2) is 51.7 Å². The summed E-state index contributed by atoms with van der Waals surface area (Å²) in [5.74, 6) is -0.768. The summed E-state index contributed by atoms with van der Waals surface area (Å²) in [5, 5.41) is 14.8. The molecule has 9 heteroatoms. The number of halogens is 3. The van der Waals surface area contributed by atoms with Crippen LogP contribution >= 0.6 is 23.2 Å². The topological polar surface area (TPSA) is 77.5 Å². The summed E-state index contributed by atoms with van der Waals surface area (Å²) >= 11 is 11.8. The highest BCUT2D eigenvalue weighted by Crippen LogP contribution is 2.27. The first kappa shape index (κ1) is 18.4. The Balaban J connectivity index is 1.65. The highest BCUT2D eigenvalue weighted by molar-refractivity contribution is 6.35. The van der Waals surface area contributed by atoms with Gasteiger partial charge in [0.05, 0.1) is 11.6 Å². The van der Waals surface area contributed by atoms with E-state index in [0.717, 1.165) is 4.68 Å². The van der Waals surface area contributed by atoms with Crippen molar-refractivity contribution in [3.8, 4) is 17.2 Å². The van der Waals surface area contributed by atoms with Gasteiger partial charge in [0, 0.05) is 10.6 Å². The van der Waals surface area contributed by atoms with Gasteiger partial charge >= 0.3 is 5.76 Å². The highest BCUT2D eigenvalue weighted by Gasteiger charge is 2.15. The molecule has 0 amide bonds. The molecule has 0 fully saturated rings. The molecule has 2 aromatic carbocycles. The van der Waals surface area contributed by atoms with Crippen molar-refractivity contribution in [1.29, 1.82) is 0 Å². The first-order valence-corrected chi connectivity index (χ1v) is 8.28. The average molecular weight is 399 g/mol. The molecule has 26 heavy (non-hydrogen) atoms. The van der Waals surface area contributed by atoms with Crippen molar-refractivity contribution in [3.63, 3.8) is 0 Å². The van der Waals surface area contributed by atoms with Crippen molar-refractivity contribution >= 4 is 23.2 Å². The third-order valence-electron chi connectivity index (χ3n) is 3.41. The van der Waals surface area contributed by atoms with E-state index in [9.17, 15) is 14.3 Å². The number of aliphatic hydroxyl groups excluding tert-OH is 1. The van der Waals surface area contributed by atoms with E-state index in [2.05, 4.69) is 5.10 Å². The minimum Gasteiger partial charge on any atom is -0.489 e. The van der Waals surface area contributed by atoms with E-state index in [-0.39, 0.29) is 19.0 Å². The molecule has 1 atom stereocenters. The molecule has 3 aromatic rings. The first-order chi connectivity index (χ1) is 12.4. The number of aliphatic hydroxyl groups is 1. The van der Waals surface area contributed by atoms with Crippen LogP contribution in [0.4, 0.5) is 4.39 Å². The van der Waals surface area contributed by atoms with Gasteiger partial charge in [-0.1, -0.05) is 23.2 Å². The molecule has 0 spiro atoms. The van der Waals surface area contributed by atoms with Gasteiger partial charge in [-0.15, -0.1) is 5.10 Å². The fraction of sp³-hybridized carbons (Fsp3) is 0.176. The summed E-state index contributed by atoms with van der Waals surface area (Å²) in [6, 6.07) is 10.0. The molecule has 1 N–H and O–H groups in total. The van der Waals surface area contributed by atoms with Crippen LogP contribution in [0.3, 0.4) is 0 Å². The van der Waals surface area contributed by atoms with Gasteiger partial charge in [-0.3, -0.25) is 0 Å². The zero-order valence-electron chi connectivity index (χ0n) is 13.2. The van der Waals surface area contributed by atoms with E-state index in [1.165, 1.54) is 30.3 Å². The lowest BCUT2D eigenvalue weighted by molar-refractivity contribution is 0.0876. The van der Waals surface area contributed by atoms with Gasteiger partial charge in [-0.2, -0.15) is 4.68 Å². The van der Waals surface area contributed by atoms with E-state index in [4.69, 9.17) is 32.4 Å². The Morgan fingerprint density at radius 1 is 1.23 bits per heavy atom. The number of nitrogens with zero attached hydrogens (tertiary/aromatic N) is 2. The Labute approximate surface area is 157 Å². The van der Waals surface area contributed by atoms with Crippen LogP contribution in [0.5, 0.6) is 5.75 Å². The third-order valence-corrected chi connectivity index (χ3v) is 3.94. The van der Waals surface area contributed by atoms with Gasteiger partial charge in [0.15, 0.2) is 0 Å². The molecular weight excluding hydrogens is 386 g/mol. The van der Waals surface area contributed by atoms with Crippen molar-refractivity contribution in [1.82, 2.24) is 9.78 Å². The standard InChI is InChI=1S/C17H13Cl2FN2O4/c18-11-3-6-15(14(19)7-11)25-9-13(23)8-22-17(24)26-16(21-22)10-1-4-12(20)5-2-10/h1-7,13,23H,8-9H2. The Hall–Kier alpha value is -2.35. The van der Waals surface area contributed by atoms with Gasteiger partial charge in [0.1, 0.15) is 24.3 Å². The zero-order valence-corrected chi connectivity index (χ0v) is 14.7. The second-order valence-electron chi connectivity index (χ2n) is 5.40. The normalized spacial score (nSPS) is 12.2. The van der Waals surface area contributed by atoms with Gasteiger partial charge in [0.2, 0.25) is 5.89 Å². The lowest BCUT2D eigenvalue weighted by Crippen LogP contribution is -2.29. The molecule has 0 aliphatic rings. The molecule has 0 saturated heterocycles. The van der Waals surface area contributed by atoms with Crippen LogP contribution in [-0.4, -0.2) is 27.6 Å². The van der Waals surface area contributed by atoms with E-state index < -0.39 is 17.7 Å². The van der Waals surface area contributed by atoms with Crippen molar-refractivity contribution in [3.05, 3.63) is 68.9 Å². The molecule has 3 rings (SSSR count). The minimum absolute atomic E-state index is 0.0314. The quantitative estimate of drug-likeness (QED) is 0.688. The van der Waals surface area contributed by atoms with Gasteiger partial charge in [-0.05, 0) is 42.5 Å². The molecule has 6 nitrogen and oxygen atoms in total. The fourth-order valence-corrected chi connectivity index (χ4v) is 2.62. The second kappa shape index (κ2) is 7.90. The Kier molecular flexibility index (Phi) is 5.61. The summed E-state index contributed by atoms with van der Waals surface area (Å²) in [6.07, 6.45) is -1.04. The summed E-state index contributed by atoms with van der Waals surface area (Å²) in [5.41, 5.74) is 0.445. The lowest BCUT2D eigenvalue weighted by atomic mass is 10.2. The van der Waals surface area contributed by atoms with Crippen LogP contribution in [-0.2, 0) is 6.54 Å². The van der Waals surface area contributed by atoms with Crippen molar-refractivity contribution in [2.45, 2.75) is 12.6 Å². The van der Waals surface area contributed by atoms with Crippen LogP contribution in [0, 0.1) is 5.82 Å². The SMILES string of the molecule is O=c1oc(-c2ccc(F)cc2)nn1CC(O)COc1ccc(Cl)cc1Cl. The molecule has 136 valence electrons. The number of ether oxygens (including phenoxy) is 1. The Bertz CT molecular complexity index is 956. The largest absolute Gasteiger partial charge is 0.489 e. The summed E-state index contributed by atoms with van der Waals surface area (Å²) < 4.78 is 24.4. The van der Waals surface area contributed by atoms with E-state index in [0.29, 0.717) is 21.4 Å². The predicted molar refractivity (Wildman–Crippen MR) is 94.1 cm³/mol. The predicted octanol–water partition coefficient (Wildman–Crippen LogP) is 3.39. The first-order valence-electron chi connectivity index (χ1n) is 7.52. The number of hydrogen-bond donors (Lipinski definition) is 1. The molecule has 0 bridgehead atoms. The molecule has 0 aliphatic carbocycles. The van der Waals surface area contributed by atoms with E-state index in [1.807, 2.05) is 0 Å². The Morgan fingerprint density at radius 3 is 2.65 bits per heavy atom. The third kappa shape index (κ3) is 4.43. The van der Waals surface area contributed by atoms with Crippen molar-refractivity contribution < 1.29 is 18.7 Å². The molecular formula is C17H13Cl2FN2O4. The van der Waals surface area contributed by atoms with Gasteiger partial charge in [-0.25, -0.2) is 9.18 Å². The Morgan fingerprint density at radius 2 is 1.96 bits per heavy atom. The van der Waals surface area contributed by atoms with E-state index in [1.54, 1.807) is 12.1 Å². The fourth-order valence-electron chi connectivity index (χ4n) is 2.16. The number of hydrogen-bond acceptors (Lipinski definition) is 5. The maximum Gasteiger partial charge on any atom is 0.437 e. The highest BCUT2D eigenvalue weighted by atomic mass is 35.5. The zero-order chi connectivity index (χ0) is 18.7. The summed E-state index contributed by atoms with van der Waals surface area (Å²) in [6.45, 7) is -0.263. The molecule has 0 radical (unpaired) electrons. The molecule has 0 aliphatic heterocycles. The molecule has 1 unspecified atom stereocenters.